The van der Waals surface area contributed by atoms with E-state index in [9.17, 15) is 4.79 Å². The van der Waals surface area contributed by atoms with Crippen LogP contribution in [0.25, 0.3) is 11.1 Å². The van der Waals surface area contributed by atoms with Crippen LogP contribution >= 0.6 is 0 Å². The summed E-state index contributed by atoms with van der Waals surface area (Å²) in [6.07, 6.45) is 6.97. The van der Waals surface area contributed by atoms with Gasteiger partial charge in [-0.3, -0.25) is 9.67 Å². The highest BCUT2D eigenvalue weighted by atomic mass is 16.5. The summed E-state index contributed by atoms with van der Waals surface area (Å²) in [5.74, 6) is -0.311. The van der Waals surface area contributed by atoms with Crippen molar-refractivity contribution in [3.63, 3.8) is 0 Å². The van der Waals surface area contributed by atoms with Gasteiger partial charge < -0.3 is 4.74 Å². The van der Waals surface area contributed by atoms with Crippen molar-refractivity contribution in [2.45, 2.75) is 13.0 Å². The minimum atomic E-state index is -0.421. The van der Waals surface area contributed by atoms with Crippen molar-refractivity contribution >= 4 is 5.97 Å². The largest absolute Gasteiger partial charge is 0.467 e. The second-order valence-corrected chi connectivity index (χ2v) is 3.64. The quantitative estimate of drug-likeness (QED) is 0.754. The number of pyridine rings is 1. The van der Waals surface area contributed by atoms with Crippen molar-refractivity contribution in [1.29, 1.82) is 0 Å². The number of rotatable bonds is 3. The van der Waals surface area contributed by atoms with E-state index in [0.717, 1.165) is 11.1 Å². The third-order valence-electron chi connectivity index (χ3n) is 2.55. The van der Waals surface area contributed by atoms with Gasteiger partial charge in [-0.15, -0.1) is 0 Å². The van der Waals surface area contributed by atoms with Gasteiger partial charge in [-0.25, -0.2) is 4.79 Å². The maximum atomic E-state index is 11.4. The Morgan fingerprint density at radius 2 is 2.06 bits per heavy atom. The maximum Gasteiger partial charge on any atom is 0.330 e. The minimum absolute atomic E-state index is 0.311. The summed E-state index contributed by atoms with van der Waals surface area (Å²) >= 11 is 0. The summed E-state index contributed by atoms with van der Waals surface area (Å²) in [5, 5.41) is 4.16. The molecule has 0 radical (unpaired) electrons. The average Bonchev–Trinajstić information content (AvgIpc) is 2.87. The van der Waals surface area contributed by atoms with Gasteiger partial charge in [0.25, 0.3) is 0 Å². The van der Waals surface area contributed by atoms with Gasteiger partial charge in [-0.1, -0.05) is 0 Å². The number of carbonyl (C=O) groups excluding carboxylic acids is 1. The van der Waals surface area contributed by atoms with Crippen LogP contribution in [-0.4, -0.2) is 27.8 Å². The van der Waals surface area contributed by atoms with Gasteiger partial charge in [0.1, 0.15) is 6.04 Å². The van der Waals surface area contributed by atoms with Gasteiger partial charge in [-0.2, -0.15) is 5.10 Å². The number of methoxy groups -OCH3 is 1. The molecule has 0 bridgehead atoms. The van der Waals surface area contributed by atoms with Crippen molar-refractivity contribution in [3.8, 4) is 11.1 Å². The Morgan fingerprint density at radius 3 is 2.71 bits per heavy atom. The van der Waals surface area contributed by atoms with E-state index in [1.807, 2.05) is 18.3 Å². The lowest BCUT2D eigenvalue weighted by Crippen LogP contribution is -2.17. The lowest BCUT2D eigenvalue weighted by molar-refractivity contribution is -0.144. The Bertz CT molecular complexity index is 507. The highest BCUT2D eigenvalue weighted by molar-refractivity contribution is 5.73. The van der Waals surface area contributed by atoms with E-state index in [1.165, 1.54) is 7.11 Å². The van der Waals surface area contributed by atoms with E-state index in [0.29, 0.717) is 0 Å². The van der Waals surface area contributed by atoms with Crippen LogP contribution in [0.4, 0.5) is 0 Å². The van der Waals surface area contributed by atoms with Crippen LogP contribution in [0.5, 0.6) is 0 Å². The Labute approximate surface area is 99.1 Å². The molecule has 17 heavy (non-hydrogen) atoms. The van der Waals surface area contributed by atoms with E-state index in [2.05, 4.69) is 14.8 Å². The minimum Gasteiger partial charge on any atom is -0.467 e. The molecular weight excluding hydrogens is 218 g/mol. The Morgan fingerprint density at radius 1 is 1.35 bits per heavy atom. The second-order valence-electron chi connectivity index (χ2n) is 3.64. The van der Waals surface area contributed by atoms with Crippen LogP contribution < -0.4 is 0 Å². The fraction of sp³-hybridized carbons (Fsp3) is 0.250. The molecule has 0 unspecified atom stereocenters. The number of nitrogens with zero attached hydrogens (tertiary/aromatic N) is 3. The first-order chi connectivity index (χ1) is 8.22. The number of hydrogen-bond donors (Lipinski definition) is 0. The summed E-state index contributed by atoms with van der Waals surface area (Å²) in [5.41, 5.74) is 1.96. The zero-order valence-electron chi connectivity index (χ0n) is 9.70. The first-order valence-corrected chi connectivity index (χ1v) is 5.24. The third kappa shape index (κ3) is 2.33. The van der Waals surface area contributed by atoms with Crippen molar-refractivity contribution < 1.29 is 9.53 Å². The van der Waals surface area contributed by atoms with Crippen LogP contribution in [0.15, 0.2) is 36.9 Å². The SMILES string of the molecule is COC(=O)[C@H](C)n1cc(-c2ccncc2)cn1. The Balaban J connectivity index is 2.25. The molecule has 2 aromatic rings. The smallest absolute Gasteiger partial charge is 0.330 e. The van der Waals surface area contributed by atoms with Crippen LogP contribution in [0.1, 0.15) is 13.0 Å². The van der Waals surface area contributed by atoms with E-state index in [1.54, 1.807) is 30.2 Å². The molecule has 5 heteroatoms. The van der Waals surface area contributed by atoms with Gasteiger partial charge in [0.2, 0.25) is 0 Å². The molecule has 0 aromatic carbocycles. The van der Waals surface area contributed by atoms with Crippen LogP contribution in [0.2, 0.25) is 0 Å². The predicted molar refractivity (Wildman–Crippen MR) is 62.2 cm³/mol. The first kappa shape index (κ1) is 11.3. The second kappa shape index (κ2) is 4.78. The lowest BCUT2D eigenvalue weighted by Gasteiger charge is -2.08. The summed E-state index contributed by atoms with van der Waals surface area (Å²) in [4.78, 5) is 15.3. The molecule has 88 valence electrons. The molecule has 0 saturated heterocycles. The van der Waals surface area contributed by atoms with E-state index in [4.69, 9.17) is 0 Å². The molecular formula is C12H13N3O2. The topological polar surface area (TPSA) is 57.0 Å². The molecule has 0 spiro atoms. The highest BCUT2D eigenvalue weighted by Crippen LogP contribution is 2.19. The molecule has 0 aliphatic heterocycles. The summed E-state index contributed by atoms with van der Waals surface area (Å²) in [6.45, 7) is 1.75. The number of carbonyl (C=O) groups is 1. The van der Waals surface area contributed by atoms with Crippen LogP contribution in [0, 0.1) is 0 Å². The molecule has 0 aliphatic carbocycles. The summed E-state index contributed by atoms with van der Waals surface area (Å²) in [7, 11) is 1.37. The van der Waals surface area contributed by atoms with Crippen molar-refractivity contribution in [2.24, 2.45) is 0 Å². The molecule has 2 aromatic heterocycles. The molecule has 2 rings (SSSR count). The number of ether oxygens (including phenoxy) is 1. The zero-order chi connectivity index (χ0) is 12.3. The molecule has 2 heterocycles. The summed E-state index contributed by atoms with van der Waals surface area (Å²) in [6, 6.07) is 3.37. The van der Waals surface area contributed by atoms with E-state index < -0.39 is 6.04 Å². The van der Waals surface area contributed by atoms with Crippen molar-refractivity contribution in [1.82, 2.24) is 14.8 Å². The summed E-state index contributed by atoms with van der Waals surface area (Å²) < 4.78 is 6.26. The van der Waals surface area contributed by atoms with Crippen molar-refractivity contribution in [3.05, 3.63) is 36.9 Å². The highest BCUT2D eigenvalue weighted by Gasteiger charge is 2.16. The van der Waals surface area contributed by atoms with Gasteiger partial charge in [0.15, 0.2) is 0 Å². The molecule has 0 N–H and O–H groups in total. The van der Waals surface area contributed by atoms with Gasteiger partial charge in [0, 0.05) is 24.2 Å². The molecule has 0 aliphatic rings. The molecule has 1 atom stereocenters. The standard InChI is InChI=1S/C12H13N3O2/c1-9(12(16)17-2)15-8-11(7-14-15)10-3-5-13-6-4-10/h3-9H,1-2H3/t9-/m0/s1. The lowest BCUT2D eigenvalue weighted by atomic mass is 10.1. The molecule has 5 nitrogen and oxygen atoms in total. The molecule has 0 amide bonds. The predicted octanol–water partition coefficient (Wildman–Crippen LogP) is 1.68. The Kier molecular flexibility index (Phi) is 3.18. The molecule has 0 fully saturated rings. The average molecular weight is 231 g/mol. The fourth-order valence-electron chi connectivity index (χ4n) is 1.52. The van der Waals surface area contributed by atoms with Crippen LogP contribution in [0.3, 0.4) is 0 Å². The third-order valence-corrected chi connectivity index (χ3v) is 2.55. The van der Waals surface area contributed by atoms with Crippen LogP contribution in [-0.2, 0) is 9.53 Å². The van der Waals surface area contributed by atoms with Gasteiger partial charge in [-0.05, 0) is 24.6 Å². The number of esters is 1. The molecule has 0 saturated carbocycles. The number of aromatic nitrogens is 3. The fourth-order valence-corrected chi connectivity index (χ4v) is 1.52. The Hall–Kier alpha value is -2.17. The maximum absolute atomic E-state index is 11.4. The van der Waals surface area contributed by atoms with Gasteiger partial charge in [0.05, 0.1) is 13.3 Å². The zero-order valence-corrected chi connectivity index (χ0v) is 9.70. The van der Waals surface area contributed by atoms with E-state index in [-0.39, 0.29) is 5.97 Å². The monoisotopic (exact) mass is 231 g/mol. The normalized spacial score (nSPS) is 12.1. The van der Waals surface area contributed by atoms with Crippen molar-refractivity contribution in [2.75, 3.05) is 7.11 Å². The van der Waals surface area contributed by atoms with Gasteiger partial charge >= 0.3 is 5.97 Å². The first-order valence-electron chi connectivity index (χ1n) is 5.24. The number of hydrogen-bond acceptors (Lipinski definition) is 4. The van der Waals surface area contributed by atoms with E-state index >= 15 is 0 Å².